The molecule has 1 N–H and O–H groups in total. The van der Waals surface area contributed by atoms with Crippen LogP contribution in [0.2, 0.25) is 18.1 Å². The fourth-order valence-corrected chi connectivity index (χ4v) is 4.22. The Kier molecular flexibility index (Phi) is 9.90. The van der Waals surface area contributed by atoms with Gasteiger partial charge in [-0.05, 0) is 43.8 Å². The van der Waals surface area contributed by atoms with Gasteiger partial charge in [-0.3, -0.25) is 0 Å². The Morgan fingerprint density at radius 1 is 1.17 bits per heavy atom. The third-order valence-electron chi connectivity index (χ3n) is 5.35. The van der Waals surface area contributed by atoms with Crippen molar-refractivity contribution in [1.29, 1.82) is 0 Å². The molecule has 0 saturated heterocycles. The Balaban J connectivity index is 5.18. The lowest BCUT2D eigenvalue weighted by atomic mass is 9.86. The Morgan fingerprint density at radius 3 is 2.13 bits per heavy atom. The predicted molar refractivity (Wildman–Crippen MR) is 102 cm³/mol. The fraction of sp³-hybridized carbons (Fsp3) is 0.895. The van der Waals surface area contributed by atoms with Crippen LogP contribution in [0.4, 0.5) is 0 Å². The molecular formula is C19H40O3Si. The van der Waals surface area contributed by atoms with Gasteiger partial charge in [0.05, 0.1) is 12.2 Å². The summed E-state index contributed by atoms with van der Waals surface area (Å²) in [6.45, 7) is 17.9. The van der Waals surface area contributed by atoms with Gasteiger partial charge in [-0.15, -0.1) is 0 Å². The second kappa shape index (κ2) is 9.97. The lowest BCUT2D eigenvalue weighted by Gasteiger charge is -2.42. The molecule has 0 fully saturated rings. The Hall–Kier alpha value is -0.163. The molecule has 0 saturated carbocycles. The molecule has 0 aromatic carbocycles. The molecule has 0 aliphatic heterocycles. The van der Waals surface area contributed by atoms with E-state index in [9.17, 15) is 5.11 Å². The van der Waals surface area contributed by atoms with Crippen molar-refractivity contribution in [3.05, 3.63) is 12.2 Å². The van der Waals surface area contributed by atoms with E-state index < -0.39 is 8.32 Å². The molecule has 0 bridgehead atoms. The number of allylic oxidation sites excluding steroid dienone is 2. The minimum Gasteiger partial charge on any atom is -0.413 e. The molecule has 0 amide bonds. The van der Waals surface area contributed by atoms with Crippen molar-refractivity contribution >= 4 is 8.32 Å². The van der Waals surface area contributed by atoms with E-state index in [4.69, 9.17) is 9.16 Å². The lowest BCUT2D eigenvalue weighted by molar-refractivity contribution is -0.0347. The maximum Gasteiger partial charge on any atom is 0.192 e. The van der Waals surface area contributed by atoms with Crippen molar-refractivity contribution in [2.75, 3.05) is 13.7 Å². The number of methoxy groups -OCH3 is 1. The third kappa shape index (κ3) is 7.08. The van der Waals surface area contributed by atoms with Gasteiger partial charge in [-0.2, -0.15) is 0 Å². The molecule has 4 atom stereocenters. The van der Waals surface area contributed by atoms with E-state index in [2.05, 4.69) is 59.9 Å². The topological polar surface area (TPSA) is 38.7 Å². The zero-order valence-corrected chi connectivity index (χ0v) is 17.8. The molecule has 3 nitrogen and oxygen atoms in total. The highest BCUT2D eigenvalue weighted by Gasteiger charge is 2.41. The van der Waals surface area contributed by atoms with Crippen molar-refractivity contribution in [2.24, 2.45) is 11.8 Å². The second-order valence-electron chi connectivity index (χ2n) is 8.27. The predicted octanol–water partition coefficient (Wildman–Crippen LogP) is 5.01. The summed E-state index contributed by atoms with van der Waals surface area (Å²) in [5, 5.41) is 9.67. The summed E-state index contributed by atoms with van der Waals surface area (Å²) in [7, 11) is -0.0801. The van der Waals surface area contributed by atoms with Crippen molar-refractivity contribution in [3.8, 4) is 0 Å². The van der Waals surface area contributed by atoms with Crippen LogP contribution in [0.1, 0.15) is 54.4 Å². The number of aliphatic hydroxyl groups excluding tert-OH is 1. The number of hydrogen-bond donors (Lipinski definition) is 1. The third-order valence-corrected chi connectivity index (χ3v) is 9.85. The zero-order valence-electron chi connectivity index (χ0n) is 16.8. The van der Waals surface area contributed by atoms with Gasteiger partial charge in [0.15, 0.2) is 8.32 Å². The SMILES string of the molecule is C/C=C/C[C@H](C)[C@@H](OC)[C@@H](C)[C@@H](CCO)O[Si](C)(C)C(C)(C)C. The van der Waals surface area contributed by atoms with E-state index in [-0.39, 0.29) is 29.8 Å². The molecule has 0 rings (SSSR count). The normalized spacial score (nSPS) is 18.9. The van der Waals surface area contributed by atoms with Crippen molar-refractivity contribution in [2.45, 2.75) is 84.7 Å². The van der Waals surface area contributed by atoms with Crippen LogP contribution in [0, 0.1) is 11.8 Å². The van der Waals surface area contributed by atoms with Gasteiger partial charge in [0.2, 0.25) is 0 Å². The molecule has 0 unspecified atom stereocenters. The first-order valence-corrected chi connectivity index (χ1v) is 11.8. The van der Waals surface area contributed by atoms with Gasteiger partial charge < -0.3 is 14.3 Å². The van der Waals surface area contributed by atoms with E-state index in [0.717, 1.165) is 6.42 Å². The Morgan fingerprint density at radius 2 is 1.74 bits per heavy atom. The molecule has 0 heterocycles. The number of ether oxygens (including phenoxy) is 1. The van der Waals surface area contributed by atoms with Crippen LogP contribution in [0.3, 0.4) is 0 Å². The first-order valence-electron chi connectivity index (χ1n) is 8.94. The summed E-state index contributed by atoms with van der Waals surface area (Å²) < 4.78 is 12.4. The Labute approximate surface area is 145 Å². The second-order valence-corrected chi connectivity index (χ2v) is 13.0. The highest BCUT2D eigenvalue weighted by molar-refractivity contribution is 6.74. The molecular weight excluding hydrogens is 304 g/mol. The first kappa shape index (κ1) is 22.8. The molecule has 0 aliphatic rings. The largest absolute Gasteiger partial charge is 0.413 e. The van der Waals surface area contributed by atoms with Crippen LogP contribution in [0.25, 0.3) is 0 Å². The van der Waals surface area contributed by atoms with Crippen LogP contribution < -0.4 is 0 Å². The molecule has 0 radical (unpaired) electrons. The van der Waals surface area contributed by atoms with Crippen LogP contribution in [-0.4, -0.2) is 39.3 Å². The maximum absolute atomic E-state index is 9.50. The summed E-state index contributed by atoms with van der Waals surface area (Å²) in [5.41, 5.74) is 0. The van der Waals surface area contributed by atoms with Gasteiger partial charge in [0.1, 0.15) is 0 Å². The van der Waals surface area contributed by atoms with Gasteiger partial charge in [-0.25, -0.2) is 0 Å². The summed E-state index contributed by atoms with van der Waals surface area (Å²) in [4.78, 5) is 0. The van der Waals surface area contributed by atoms with Crippen LogP contribution >= 0.6 is 0 Å². The van der Waals surface area contributed by atoms with E-state index in [1.165, 1.54) is 0 Å². The van der Waals surface area contributed by atoms with Crippen LogP contribution in [0.5, 0.6) is 0 Å². The smallest absolute Gasteiger partial charge is 0.192 e. The average molecular weight is 345 g/mol. The molecule has 138 valence electrons. The summed E-state index contributed by atoms with van der Waals surface area (Å²) in [6.07, 6.45) is 6.13. The summed E-state index contributed by atoms with van der Waals surface area (Å²) in [5.74, 6) is 0.678. The van der Waals surface area contributed by atoms with E-state index in [0.29, 0.717) is 12.3 Å². The first-order chi connectivity index (χ1) is 10.5. The van der Waals surface area contributed by atoms with Gasteiger partial charge in [0, 0.05) is 19.6 Å². The van der Waals surface area contributed by atoms with Crippen molar-refractivity contribution < 1.29 is 14.3 Å². The quantitative estimate of drug-likeness (QED) is 0.447. The van der Waals surface area contributed by atoms with Gasteiger partial charge in [0.25, 0.3) is 0 Å². The number of aliphatic hydroxyl groups is 1. The molecule has 0 aromatic heterocycles. The van der Waals surface area contributed by atoms with E-state index >= 15 is 0 Å². The molecule has 4 heteroatoms. The van der Waals surface area contributed by atoms with Gasteiger partial charge >= 0.3 is 0 Å². The number of rotatable bonds is 10. The highest BCUT2D eigenvalue weighted by Crippen LogP contribution is 2.39. The average Bonchev–Trinajstić information content (AvgIpc) is 2.43. The maximum atomic E-state index is 9.50. The number of hydrogen-bond acceptors (Lipinski definition) is 3. The Bertz CT molecular complexity index is 347. The minimum atomic E-state index is -1.87. The summed E-state index contributed by atoms with van der Waals surface area (Å²) >= 11 is 0. The monoisotopic (exact) mass is 344 g/mol. The fourth-order valence-electron chi connectivity index (χ4n) is 2.77. The highest BCUT2D eigenvalue weighted by atomic mass is 28.4. The minimum absolute atomic E-state index is 0.0406. The summed E-state index contributed by atoms with van der Waals surface area (Å²) in [6, 6.07) is 0. The van der Waals surface area contributed by atoms with Crippen molar-refractivity contribution in [1.82, 2.24) is 0 Å². The lowest BCUT2D eigenvalue weighted by Crippen LogP contribution is -2.48. The van der Waals surface area contributed by atoms with Crippen molar-refractivity contribution in [3.63, 3.8) is 0 Å². The zero-order chi connectivity index (χ0) is 18.3. The van der Waals surface area contributed by atoms with Crippen LogP contribution in [0.15, 0.2) is 12.2 Å². The molecule has 0 aromatic rings. The molecule has 23 heavy (non-hydrogen) atoms. The van der Waals surface area contributed by atoms with E-state index in [1.807, 2.05) is 6.92 Å². The molecule has 0 spiro atoms. The standard InChI is InChI=1S/C19H40O3Si/c1-10-11-12-15(2)18(21-7)16(3)17(13-14-20)22-23(8,9)19(4,5)6/h10-11,15-18,20H,12-14H2,1-9H3/b11-10+/t15-,16-,17+,18+/m0/s1. The molecule has 0 aliphatic carbocycles. The van der Waals surface area contributed by atoms with E-state index in [1.54, 1.807) is 7.11 Å². The van der Waals surface area contributed by atoms with Gasteiger partial charge in [-0.1, -0.05) is 46.8 Å². The van der Waals surface area contributed by atoms with Crippen LogP contribution in [-0.2, 0) is 9.16 Å².